The Morgan fingerprint density at radius 2 is 2.28 bits per heavy atom. The summed E-state index contributed by atoms with van der Waals surface area (Å²) in [5, 5.41) is 9.74. The van der Waals surface area contributed by atoms with Crippen molar-refractivity contribution >= 4 is 11.8 Å². The SMILES string of the molecule is CC[C@H](C)Sc1nncn1CCc1ccccn1. The Morgan fingerprint density at radius 1 is 1.39 bits per heavy atom. The van der Waals surface area contributed by atoms with Crippen LogP contribution in [0.5, 0.6) is 0 Å². The Balaban J connectivity index is 1.95. The van der Waals surface area contributed by atoms with Crippen molar-refractivity contribution in [3.05, 3.63) is 36.4 Å². The highest BCUT2D eigenvalue weighted by Gasteiger charge is 2.09. The number of pyridine rings is 1. The Bertz CT molecular complexity index is 469. The fourth-order valence-electron chi connectivity index (χ4n) is 1.53. The lowest BCUT2D eigenvalue weighted by Gasteiger charge is -2.09. The van der Waals surface area contributed by atoms with Crippen molar-refractivity contribution in [3.63, 3.8) is 0 Å². The van der Waals surface area contributed by atoms with Crippen LogP contribution in [0, 0.1) is 0 Å². The third-order valence-corrected chi connectivity index (χ3v) is 4.06. The third-order valence-electron chi connectivity index (χ3n) is 2.80. The van der Waals surface area contributed by atoms with Gasteiger partial charge in [-0.15, -0.1) is 10.2 Å². The summed E-state index contributed by atoms with van der Waals surface area (Å²) in [6.45, 7) is 5.28. The Hall–Kier alpha value is -1.36. The molecule has 2 aromatic heterocycles. The summed E-state index contributed by atoms with van der Waals surface area (Å²) in [6.07, 6.45) is 5.68. The van der Waals surface area contributed by atoms with Gasteiger partial charge in [-0.3, -0.25) is 4.98 Å². The van der Waals surface area contributed by atoms with Crippen molar-refractivity contribution in [1.29, 1.82) is 0 Å². The minimum Gasteiger partial charge on any atom is -0.308 e. The molecule has 0 aliphatic heterocycles. The molecule has 96 valence electrons. The fourth-order valence-corrected chi connectivity index (χ4v) is 2.43. The summed E-state index contributed by atoms with van der Waals surface area (Å²) in [7, 11) is 0. The molecule has 1 atom stereocenters. The van der Waals surface area contributed by atoms with E-state index in [9.17, 15) is 0 Å². The molecule has 0 amide bonds. The van der Waals surface area contributed by atoms with E-state index in [0.717, 1.165) is 30.2 Å². The van der Waals surface area contributed by atoms with Gasteiger partial charge >= 0.3 is 0 Å². The normalized spacial score (nSPS) is 12.6. The maximum Gasteiger partial charge on any atom is 0.191 e. The van der Waals surface area contributed by atoms with Crippen LogP contribution in [0.2, 0.25) is 0 Å². The van der Waals surface area contributed by atoms with Crippen LogP contribution in [-0.4, -0.2) is 25.0 Å². The van der Waals surface area contributed by atoms with E-state index in [2.05, 4.69) is 33.6 Å². The zero-order valence-corrected chi connectivity index (χ0v) is 11.6. The van der Waals surface area contributed by atoms with Gasteiger partial charge in [-0.2, -0.15) is 0 Å². The third kappa shape index (κ3) is 3.57. The van der Waals surface area contributed by atoms with Crippen molar-refractivity contribution < 1.29 is 0 Å². The second-order valence-corrected chi connectivity index (χ2v) is 5.62. The summed E-state index contributed by atoms with van der Waals surface area (Å²) >= 11 is 1.78. The van der Waals surface area contributed by atoms with Gasteiger partial charge in [0, 0.05) is 30.1 Å². The summed E-state index contributed by atoms with van der Waals surface area (Å²) in [6, 6.07) is 6.00. The van der Waals surface area contributed by atoms with Gasteiger partial charge in [0.15, 0.2) is 5.16 Å². The van der Waals surface area contributed by atoms with Crippen molar-refractivity contribution in [2.75, 3.05) is 0 Å². The van der Waals surface area contributed by atoms with E-state index in [1.54, 1.807) is 18.1 Å². The first-order chi connectivity index (χ1) is 8.79. The van der Waals surface area contributed by atoms with Gasteiger partial charge in [-0.25, -0.2) is 0 Å². The van der Waals surface area contributed by atoms with E-state index in [1.807, 2.05) is 24.4 Å². The lowest BCUT2D eigenvalue weighted by Crippen LogP contribution is -2.05. The minimum atomic E-state index is 0.572. The molecule has 0 aromatic carbocycles. The summed E-state index contributed by atoms with van der Waals surface area (Å²) in [5.41, 5.74) is 1.10. The van der Waals surface area contributed by atoms with Crippen LogP contribution in [0.15, 0.2) is 35.9 Å². The molecule has 18 heavy (non-hydrogen) atoms. The van der Waals surface area contributed by atoms with Gasteiger partial charge in [0.2, 0.25) is 0 Å². The van der Waals surface area contributed by atoms with E-state index in [1.165, 1.54) is 0 Å². The molecule has 0 N–H and O–H groups in total. The van der Waals surface area contributed by atoms with Crippen molar-refractivity contribution in [3.8, 4) is 0 Å². The van der Waals surface area contributed by atoms with E-state index in [4.69, 9.17) is 0 Å². The van der Waals surface area contributed by atoms with E-state index in [-0.39, 0.29) is 0 Å². The first kappa shape index (κ1) is 13.1. The average Bonchev–Trinajstić information content (AvgIpc) is 2.84. The molecule has 0 radical (unpaired) electrons. The molecule has 0 fully saturated rings. The largest absolute Gasteiger partial charge is 0.308 e. The highest BCUT2D eigenvalue weighted by atomic mass is 32.2. The second kappa shape index (κ2) is 6.54. The van der Waals surface area contributed by atoms with Gasteiger partial charge in [-0.1, -0.05) is 31.7 Å². The van der Waals surface area contributed by atoms with Gasteiger partial charge in [0.1, 0.15) is 6.33 Å². The topological polar surface area (TPSA) is 43.6 Å². The maximum atomic E-state index is 4.32. The van der Waals surface area contributed by atoms with Crippen LogP contribution >= 0.6 is 11.8 Å². The monoisotopic (exact) mass is 262 g/mol. The number of rotatable bonds is 6. The van der Waals surface area contributed by atoms with Crippen LogP contribution in [0.3, 0.4) is 0 Å². The predicted octanol–water partition coefficient (Wildman–Crippen LogP) is 2.81. The second-order valence-electron chi connectivity index (χ2n) is 4.21. The zero-order valence-electron chi connectivity index (χ0n) is 10.8. The Labute approximate surface area is 112 Å². The minimum absolute atomic E-state index is 0.572. The molecule has 0 aliphatic rings. The Morgan fingerprint density at radius 3 is 3.00 bits per heavy atom. The quantitative estimate of drug-likeness (QED) is 0.751. The van der Waals surface area contributed by atoms with Crippen LogP contribution < -0.4 is 0 Å². The number of nitrogens with zero attached hydrogens (tertiary/aromatic N) is 4. The molecular formula is C13H18N4S. The van der Waals surface area contributed by atoms with Gasteiger partial charge in [0.25, 0.3) is 0 Å². The number of hydrogen-bond donors (Lipinski definition) is 0. The smallest absolute Gasteiger partial charge is 0.191 e. The van der Waals surface area contributed by atoms with Crippen LogP contribution in [0.4, 0.5) is 0 Å². The molecule has 0 bridgehead atoms. The summed E-state index contributed by atoms with van der Waals surface area (Å²) < 4.78 is 2.10. The molecule has 2 aromatic rings. The van der Waals surface area contributed by atoms with Crippen LogP contribution in [-0.2, 0) is 13.0 Å². The number of hydrogen-bond acceptors (Lipinski definition) is 4. The fraction of sp³-hybridized carbons (Fsp3) is 0.462. The number of aryl methyl sites for hydroxylation is 2. The van der Waals surface area contributed by atoms with Gasteiger partial charge in [-0.05, 0) is 18.6 Å². The summed E-state index contributed by atoms with van der Waals surface area (Å²) in [5.74, 6) is 0. The molecule has 0 saturated heterocycles. The zero-order chi connectivity index (χ0) is 12.8. The average molecular weight is 262 g/mol. The predicted molar refractivity (Wildman–Crippen MR) is 73.6 cm³/mol. The number of aromatic nitrogens is 4. The maximum absolute atomic E-state index is 4.32. The standard InChI is InChI=1S/C13H18N4S/c1-3-11(2)18-13-16-15-10-17(13)9-7-12-6-4-5-8-14-12/h4-6,8,10-11H,3,7,9H2,1-2H3/t11-/m0/s1. The lowest BCUT2D eigenvalue weighted by molar-refractivity contribution is 0.625. The molecule has 4 nitrogen and oxygen atoms in total. The molecule has 0 spiro atoms. The first-order valence-corrected chi connectivity index (χ1v) is 7.12. The van der Waals surface area contributed by atoms with E-state index >= 15 is 0 Å². The molecule has 0 saturated carbocycles. The van der Waals surface area contributed by atoms with E-state index in [0.29, 0.717) is 5.25 Å². The van der Waals surface area contributed by atoms with Crippen molar-refractivity contribution in [1.82, 2.24) is 19.7 Å². The van der Waals surface area contributed by atoms with Crippen LogP contribution in [0.1, 0.15) is 26.0 Å². The first-order valence-electron chi connectivity index (χ1n) is 6.24. The van der Waals surface area contributed by atoms with Crippen molar-refractivity contribution in [2.24, 2.45) is 0 Å². The Kier molecular flexibility index (Phi) is 4.75. The van der Waals surface area contributed by atoms with Crippen molar-refractivity contribution in [2.45, 2.75) is 43.6 Å². The molecular weight excluding hydrogens is 244 g/mol. The van der Waals surface area contributed by atoms with Crippen LogP contribution in [0.25, 0.3) is 0 Å². The van der Waals surface area contributed by atoms with E-state index < -0.39 is 0 Å². The molecule has 5 heteroatoms. The molecule has 2 rings (SSSR count). The molecule has 2 heterocycles. The highest BCUT2D eigenvalue weighted by Crippen LogP contribution is 2.22. The lowest BCUT2D eigenvalue weighted by atomic mass is 10.3. The van der Waals surface area contributed by atoms with Gasteiger partial charge in [0.05, 0.1) is 0 Å². The van der Waals surface area contributed by atoms with Gasteiger partial charge < -0.3 is 4.57 Å². The summed E-state index contributed by atoms with van der Waals surface area (Å²) in [4.78, 5) is 4.32. The highest BCUT2D eigenvalue weighted by molar-refractivity contribution is 7.99. The molecule has 0 aliphatic carbocycles. The molecule has 0 unspecified atom stereocenters. The number of thioether (sulfide) groups is 1.